The molecule has 1 fully saturated rings. The molecule has 10 nitrogen and oxygen atoms in total. The molecule has 1 aromatic carbocycles. The molecular weight excluding hydrogens is 466 g/mol. The largest absolute Gasteiger partial charge is 0.451 e. The molecule has 1 aliphatic rings. The highest BCUT2D eigenvalue weighted by Gasteiger charge is 2.30. The topological polar surface area (TPSA) is 123 Å². The van der Waals surface area contributed by atoms with Crippen LogP contribution in [0.5, 0.6) is 0 Å². The molecule has 172 valence electrons. The van der Waals surface area contributed by atoms with E-state index in [9.17, 15) is 18.0 Å². The summed E-state index contributed by atoms with van der Waals surface area (Å²) in [5.74, 6) is -0.622. The van der Waals surface area contributed by atoms with Crippen molar-refractivity contribution >= 4 is 33.2 Å². The fourth-order valence-electron chi connectivity index (χ4n) is 3.29. The van der Waals surface area contributed by atoms with Crippen LogP contribution in [-0.2, 0) is 19.6 Å². The molecule has 0 atom stereocenters. The van der Waals surface area contributed by atoms with E-state index in [1.54, 1.807) is 55.7 Å². The van der Waals surface area contributed by atoms with E-state index in [0.29, 0.717) is 16.5 Å². The second kappa shape index (κ2) is 9.73. The van der Waals surface area contributed by atoms with E-state index in [1.807, 2.05) is 0 Å². The zero-order valence-electron chi connectivity index (χ0n) is 17.7. The molecule has 33 heavy (non-hydrogen) atoms. The number of carbonyl (C=O) groups excluding carboxylic acids is 2. The molecule has 4 rings (SSSR count). The number of sulfonamides is 1. The van der Waals surface area contributed by atoms with Crippen LogP contribution in [-0.4, -0.2) is 77.2 Å². The van der Waals surface area contributed by atoms with Crippen LogP contribution in [0.25, 0.3) is 10.8 Å². The lowest BCUT2D eigenvalue weighted by Crippen LogP contribution is -2.51. The Kier molecular flexibility index (Phi) is 6.77. The predicted molar refractivity (Wildman–Crippen MR) is 120 cm³/mol. The van der Waals surface area contributed by atoms with Gasteiger partial charge in [-0.15, -0.1) is 11.3 Å². The van der Waals surface area contributed by atoms with E-state index in [0.717, 1.165) is 11.3 Å². The van der Waals surface area contributed by atoms with Crippen LogP contribution >= 0.6 is 11.3 Å². The van der Waals surface area contributed by atoms with Crippen LogP contribution in [0.4, 0.5) is 0 Å². The second-order valence-electron chi connectivity index (χ2n) is 7.18. The maximum absolute atomic E-state index is 12.7. The summed E-state index contributed by atoms with van der Waals surface area (Å²) in [5, 5.41) is 0.488. The van der Waals surface area contributed by atoms with Gasteiger partial charge in [-0.1, -0.05) is 18.2 Å². The van der Waals surface area contributed by atoms with Crippen LogP contribution < -0.4 is 0 Å². The highest BCUT2D eigenvalue weighted by Crippen LogP contribution is 2.25. The van der Waals surface area contributed by atoms with Crippen molar-refractivity contribution in [2.45, 2.75) is 11.8 Å². The maximum Gasteiger partial charge on any atom is 0.350 e. The van der Waals surface area contributed by atoms with Gasteiger partial charge >= 0.3 is 5.97 Å². The monoisotopic (exact) mass is 487 g/mol. The van der Waals surface area contributed by atoms with E-state index < -0.39 is 22.6 Å². The zero-order chi connectivity index (χ0) is 23.4. The number of rotatable bonds is 6. The third-order valence-corrected chi connectivity index (χ3v) is 8.08. The Labute approximate surface area is 194 Å². The van der Waals surface area contributed by atoms with Crippen molar-refractivity contribution in [1.82, 2.24) is 24.2 Å². The minimum Gasteiger partial charge on any atom is -0.451 e. The number of ether oxygens (including phenoxy) is 1. The fourth-order valence-corrected chi connectivity index (χ4v) is 5.65. The van der Waals surface area contributed by atoms with Crippen LogP contribution in [0.3, 0.4) is 0 Å². The number of benzene rings is 1. The quantitative estimate of drug-likeness (QED) is 0.481. The minimum atomic E-state index is -3.60. The highest BCUT2D eigenvalue weighted by atomic mass is 32.2. The van der Waals surface area contributed by atoms with Crippen molar-refractivity contribution in [2.75, 3.05) is 32.8 Å². The summed E-state index contributed by atoms with van der Waals surface area (Å²) in [5.41, 5.74) is 0.472. The first kappa shape index (κ1) is 23.0. The van der Waals surface area contributed by atoms with E-state index in [2.05, 4.69) is 15.0 Å². The van der Waals surface area contributed by atoms with Gasteiger partial charge in [-0.25, -0.2) is 28.2 Å². The van der Waals surface area contributed by atoms with E-state index in [1.165, 1.54) is 9.21 Å². The number of carbonyl (C=O) groups is 2. The van der Waals surface area contributed by atoms with Crippen LogP contribution in [0, 0.1) is 6.92 Å². The van der Waals surface area contributed by atoms with Gasteiger partial charge in [-0.2, -0.15) is 4.31 Å². The zero-order valence-corrected chi connectivity index (χ0v) is 19.4. The SMILES string of the molecule is Cc1nc(-c2ncccn2)sc1C(=O)OCC(=O)N1CCN(S(=O)(=O)c2ccccc2)CC1. The first-order chi connectivity index (χ1) is 15.9. The average molecular weight is 488 g/mol. The van der Waals surface area contributed by atoms with Gasteiger partial charge in [0.1, 0.15) is 4.88 Å². The molecule has 1 aliphatic heterocycles. The summed E-state index contributed by atoms with van der Waals surface area (Å²) < 4.78 is 32.0. The van der Waals surface area contributed by atoms with Crippen LogP contribution in [0.2, 0.25) is 0 Å². The molecule has 12 heteroatoms. The molecule has 0 spiro atoms. The third-order valence-electron chi connectivity index (χ3n) is 5.04. The number of amides is 1. The Morgan fingerprint density at radius 1 is 1.03 bits per heavy atom. The number of piperazine rings is 1. The molecule has 0 N–H and O–H groups in total. The van der Waals surface area contributed by atoms with Crippen molar-refractivity contribution in [3.05, 3.63) is 59.4 Å². The van der Waals surface area contributed by atoms with Gasteiger partial charge in [-0.05, 0) is 25.1 Å². The van der Waals surface area contributed by atoms with Gasteiger partial charge < -0.3 is 9.64 Å². The minimum absolute atomic E-state index is 0.172. The van der Waals surface area contributed by atoms with Gasteiger partial charge in [0.05, 0.1) is 10.6 Å². The van der Waals surface area contributed by atoms with Crippen molar-refractivity contribution in [3.8, 4) is 10.8 Å². The lowest BCUT2D eigenvalue weighted by molar-refractivity contribution is -0.135. The molecule has 3 aromatic rings. The third kappa shape index (κ3) is 5.07. The van der Waals surface area contributed by atoms with Gasteiger partial charge in [0.2, 0.25) is 10.0 Å². The smallest absolute Gasteiger partial charge is 0.350 e. The number of aromatic nitrogens is 3. The maximum atomic E-state index is 12.7. The van der Waals surface area contributed by atoms with Crippen molar-refractivity contribution < 1.29 is 22.7 Å². The molecular formula is C21H21N5O5S2. The molecule has 3 heterocycles. The lowest BCUT2D eigenvalue weighted by atomic mass is 10.3. The molecule has 0 unspecified atom stereocenters. The number of nitrogens with zero attached hydrogens (tertiary/aromatic N) is 5. The van der Waals surface area contributed by atoms with Gasteiger partial charge in [0, 0.05) is 38.6 Å². The Morgan fingerprint density at radius 2 is 1.70 bits per heavy atom. The first-order valence-electron chi connectivity index (χ1n) is 10.1. The van der Waals surface area contributed by atoms with Crippen molar-refractivity contribution in [2.24, 2.45) is 0 Å². The summed E-state index contributed by atoms with van der Waals surface area (Å²) in [6.07, 6.45) is 3.17. The fraction of sp³-hybridized carbons (Fsp3) is 0.286. The predicted octanol–water partition coefficient (Wildman–Crippen LogP) is 1.60. The number of hydrogen-bond donors (Lipinski definition) is 0. The molecule has 0 radical (unpaired) electrons. The Hall–Kier alpha value is -3.22. The Bertz CT molecular complexity index is 1240. The summed E-state index contributed by atoms with van der Waals surface area (Å²) in [4.78, 5) is 39.5. The van der Waals surface area contributed by atoms with Crippen molar-refractivity contribution in [1.29, 1.82) is 0 Å². The van der Waals surface area contributed by atoms with Gasteiger partial charge in [-0.3, -0.25) is 4.79 Å². The number of hydrogen-bond acceptors (Lipinski definition) is 9. The number of esters is 1. The summed E-state index contributed by atoms with van der Waals surface area (Å²) in [6, 6.07) is 9.86. The summed E-state index contributed by atoms with van der Waals surface area (Å²) in [7, 11) is -3.60. The summed E-state index contributed by atoms with van der Waals surface area (Å²) in [6.45, 7) is 2.03. The molecule has 0 bridgehead atoms. The van der Waals surface area contributed by atoms with Crippen LogP contribution in [0.15, 0.2) is 53.7 Å². The molecule has 1 saturated heterocycles. The van der Waals surface area contributed by atoms with E-state index in [4.69, 9.17) is 4.74 Å². The second-order valence-corrected chi connectivity index (χ2v) is 10.1. The number of aryl methyl sites for hydroxylation is 1. The van der Waals surface area contributed by atoms with Gasteiger partial charge in [0.25, 0.3) is 5.91 Å². The van der Waals surface area contributed by atoms with Crippen molar-refractivity contribution in [3.63, 3.8) is 0 Å². The summed E-state index contributed by atoms with van der Waals surface area (Å²) >= 11 is 1.10. The molecule has 0 saturated carbocycles. The molecule has 1 amide bonds. The van der Waals surface area contributed by atoms with Gasteiger partial charge in [0.15, 0.2) is 17.4 Å². The lowest BCUT2D eigenvalue weighted by Gasteiger charge is -2.33. The van der Waals surface area contributed by atoms with Crippen LogP contribution in [0.1, 0.15) is 15.4 Å². The Balaban J connectivity index is 1.31. The van der Waals surface area contributed by atoms with E-state index in [-0.39, 0.29) is 41.9 Å². The molecule has 2 aromatic heterocycles. The average Bonchev–Trinajstić information content (AvgIpc) is 3.25. The number of thiazole rings is 1. The molecule has 0 aliphatic carbocycles. The van der Waals surface area contributed by atoms with E-state index >= 15 is 0 Å². The Morgan fingerprint density at radius 3 is 2.36 bits per heavy atom. The normalized spacial score (nSPS) is 14.8. The first-order valence-corrected chi connectivity index (χ1v) is 12.4. The standard InChI is InChI=1S/C21H21N5O5S2/c1-15-18(32-20(24-15)19-22-8-5-9-23-19)21(28)31-14-17(27)25-10-12-26(13-11-25)33(29,30)16-6-3-2-4-7-16/h2-9H,10-14H2,1H3. The highest BCUT2D eigenvalue weighted by molar-refractivity contribution is 7.89.